The number of carbonyl (C=O) groups excluding carboxylic acids is 1. The van der Waals surface area contributed by atoms with Gasteiger partial charge in [-0.2, -0.15) is 0 Å². The van der Waals surface area contributed by atoms with E-state index < -0.39 is 5.97 Å². The maximum Gasteiger partial charge on any atom is 0.358 e. The first-order chi connectivity index (χ1) is 9.04. The van der Waals surface area contributed by atoms with Gasteiger partial charge in [-0.3, -0.25) is 0 Å². The topological polar surface area (TPSA) is 70.1 Å². The molecule has 0 aliphatic rings. The SMILES string of the molecule is CCOC(=O)c1ncn(-c2cc(C)ccc2N)c1C. The molecule has 0 bridgehead atoms. The molecule has 0 radical (unpaired) electrons. The number of anilines is 1. The Morgan fingerprint density at radius 2 is 2.16 bits per heavy atom. The summed E-state index contributed by atoms with van der Waals surface area (Å²) in [5.41, 5.74) is 9.56. The number of imidazole rings is 1. The fourth-order valence-corrected chi connectivity index (χ4v) is 1.91. The number of aromatic nitrogens is 2. The lowest BCUT2D eigenvalue weighted by atomic mass is 10.2. The first-order valence-corrected chi connectivity index (χ1v) is 6.12. The molecule has 0 fully saturated rings. The monoisotopic (exact) mass is 259 g/mol. The molecule has 0 atom stereocenters. The summed E-state index contributed by atoms with van der Waals surface area (Å²) < 4.78 is 6.77. The molecule has 5 heteroatoms. The summed E-state index contributed by atoms with van der Waals surface area (Å²) in [5.74, 6) is -0.412. The van der Waals surface area contributed by atoms with Crippen LogP contribution in [0.2, 0.25) is 0 Å². The van der Waals surface area contributed by atoms with Crippen molar-refractivity contribution in [1.82, 2.24) is 9.55 Å². The molecule has 0 unspecified atom stereocenters. The number of nitrogens with zero attached hydrogens (tertiary/aromatic N) is 2. The molecule has 1 aromatic carbocycles. The molecular weight excluding hydrogens is 242 g/mol. The second-order valence-corrected chi connectivity index (χ2v) is 4.33. The maximum absolute atomic E-state index is 11.7. The molecule has 19 heavy (non-hydrogen) atoms. The van der Waals surface area contributed by atoms with Gasteiger partial charge < -0.3 is 15.0 Å². The first-order valence-electron chi connectivity index (χ1n) is 6.12. The van der Waals surface area contributed by atoms with Crippen LogP contribution in [0.4, 0.5) is 5.69 Å². The van der Waals surface area contributed by atoms with Crippen LogP contribution in [0.3, 0.4) is 0 Å². The average Bonchev–Trinajstić information content (AvgIpc) is 2.74. The summed E-state index contributed by atoms with van der Waals surface area (Å²) in [6.07, 6.45) is 1.59. The van der Waals surface area contributed by atoms with Crippen molar-refractivity contribution in [2.45, 2.75) is 20.8 Å². The fourth-order valence-electron chi connectivity index (χ4n) is 1.91. The van der Waals surface area contributed by atoms with Crippen LogP contribution in [0.1, 0.15) is 28.7 Å². The Labute approximate surface area is 112 Å². The van der Waals surface area contributed by atoms with Crippen molar-refractivity contribution in [3.63, 3.8) is 0 Å². The molecule has 100 valence electrons. The van der Waals surface area contributed by atoms with Gasteiger partial charge in [0.1, 0.15) is 6.33 Å². The van der Waals surface area contributed by atoms with E-state index in [1.165, 1.54) is 0 Å². The van der Waals surface area contributed by atoms with Crippen molar-refractivity contribution in [3.05, 3.63) is 41.5 Å². The predicted octanol–water partition coefficient (Wildman–Crippen LogP) is 2.25. The summed E-state index contributed by atoms with van der Waals surface area (Å²) in [6, 6.07) is 5.74. The van der Waals surface area contributed by atoms with Gasteiger partial charge in [0, 0.05) is 0 Å². The zero-order valence-electron chi connectivity index (χ0n) is 11.3. The van der Waals surface area contributed by atoms with Gasteiger partial charge in [0.25, 0.3) is 0 Å². The Balaban J connectivity index is 2.47. The number of hydrogen-bond acceptors (Lipinski definition) is 4. The maximum atomic E-state index is 11.7. The molecule has 0 amide bonds. The number of aryl methyl sites for hydroxylation is 1. The van der Waals surface area contributed by atoms with Crippen LogP contribution < -0.4 is 5.73 Å². The predicted molar refractivity (Wildman–Crippen MR) is 73.4 cm³/mol. The fraction of sp³-hybridized carbons (Fsp3) is 0.286. The van der Waals surface area contributed by atoms with E-state index in [-0.39, 0.29) is 0 Å². The molecular formula is C14H17N3O2. The van der Waals surface area contributed by atoms with Gasteiger partial charge in [-0.25, -0.2) is 9.78 Å². The van der Waals surface area contributed by atoms with Crippen molar-refractivity contribution in [3.8, 4) is 5.69 Å². The molecule has 1 aromatic heterocycles. The van der Waals surface area contributed by atoms with Gasteiger partial charge >= 0.3 is 5.97 Å². The third-order valence-electron chi connectivity index (χ3n) is 2.92. The molecule has 0 spiro atoms. The number of ether oxygens (including phenoxy) is 1. The third kappa shape index (κ3) is 2.45. The Bertz CT molecular complexity index is 617. The molecule has 0 saturated heterocycles. The van der Waals surface area contributed by atoms with E-state index in [2.05, 4.69) is 4.98 Å². The van der Waals surface area contributed by atoms with Gasteiger partial charge in [0.05, 0.1) is 23.7 Å². The van der Waals surface area contributed by atoms with E-state index in [9.17, 15) is 4.79 Å². The normalized spacial score (nSPS) is 10.5. The summed E-state index contributed by atoms with van der Waals surface area (Å²) in [6.45, 7) is 5.91. The van der Waals surface area contributed by atoms with E-state index in [0.29, 0.717) is 18.0 Å². The summed E-state index contributed by atoms with van der Waals surface area (Å²) in [4.78, 5) is 15.8. The number of hydrogen-bond donors (Lipinski definition) is 1. The summed E-state index contributed by atoms with van der Waals surface area (Å²) >= 11 is 0. The average molecular weight is 259 g/mol. The Hall–Kier alpha value is -2.30. The van der Waals surface area contributed by atoms with Crippen LogP contribution in [0.15, 0.2) is 24.5 Å². The van der Waals surface area contributed by atoms with Crippen LogP contribution in [0, 0.1) is 13.8 Å². The second-order valence-electron chi connectivity index (χ2n) is 4.33. The van der Waals surface area contributed by atoms with E-state index in [1.54, 1.807) is 17.8 Å². The van der Waals surface area contributed by atoms with Crippen LogP contribution in [0.25, 0.3) is 5.69 Å². The van der Waals surface area contributed by atoms with E-state index in [1.807, 2.05) is 32.0 Å². The van der Waals surface area contributed by atoms with Crippen LogP contribution >= 0.6 is 0 Å². The molecule has 2 aromatic rings. The van der Waals surface area contributed by atoms with Gasteiger partial charge in [0.15, 0.2) is 5.69 Å². The van der Waals surface area contributed by atoms with E-state index in [4.69, 9.17) is 10.5 Å². The van der Waals surface area contributed by atoms with Crippen molar-refractivity contribution < 1.29 is 9.53 Å². The molecule has 5 nitrogen and oxygen atoms in total. The highest BCUT2D eigenvalue weighted by Gasteiger charge is 2.17. The number of esters is 1. The molecule has 2 rings (SSSR count). The number of nitrogens with two attached hydrogens (primary N) is 1. The lowest BCUT2D eigenvalue weighted by molar-refractivity contribution is 0.0519. The smallest absolute Gasteiger partial charge is 0.358 e. The Kier molecular flexibility index (Phi) is 3.55. The van der Waals surface area contributed by atoms with Gasteiger partial charge in [-0.15, -0.1) is 0 Å². The molecule has 2 N–H and O–H groups in total. The van der Waals surface area contributed by atoms with Gasteiger partial charge in [-0.05, 0) is 38.5 Å². The zero-order valence-corrected chi connectivity index (χ0v) is 11.3. The van der Waals surface area contributed by atoms with Crippen molar-refractivity contribution in [1.29, 1.82) is 0 Å². The van der Waals surface area contributed by atoms with E-state index in [0.717, 1.165) is 16.9 Å². The number of benzene rings is 1. The van der Waals surface area contributed by atoms with Gasteiger partial charge in [-0.1, -0.05) is 6.07 Å². The number of carbonyl (C=O) groups is 1. The largest absolute Gasteiger partial charge is 0.461 e. The third-order valence-corrected chi connectivity index (χ3v) is 2.92. The first kappa shape index (κ1) is 13.1. The standard InChI is InChI=1S/C14H17N3O2/c1-4-19-14(18)13-10(3)17(8-16-13)12-7-9(2)5-6-11(12)15/h5-8H,4,15H2,1-3H3. The minimum atomic E-state index is -0.412. The molecule has 0 aliphatic heterocycles. The molecule has 1 heterocycles. The highest BCUT2D eigenvalue weighted by Crippen LogP contribution is 2.22. The molecule has 0 saturated carbocycles. The molecule has 0 aliphatic carbocycles. The highest BCUT2D eigenvalue weighted by atomic mass is 16.5. The van der Waals surface area contributed by atoms with Crippen molar-refractivity contribution >= 4 is 11.7 Å². The minimum absolute atomic E-state index is 0.322. The summed E-state index contributed by atoms with van der Waals surface area (Å²) in [5, 5.41) is 0. The number of nitrogen functional groups attached to an aromatic ring is 1. The minimum Gasteiger partial charge on any atom is -0.461 e. The van der Waals surface area contributed by atoms with Crippen molar-refractivity contribution in [2.24, 2.45) is 0 Å². The van der Waals surface area contributed by atoms with Crippen LogP contribution in [0.5, 0.6) is 0 Å². The lowest BCUT2D eigenvalue weighted by Crippen LogP contribution is -2.08. The highest BCUT2D eigenvalue weighted by molar-refractivity contribution is 5.88. The quantitative estimate of drug-likeness (QED) is 0.678. The summed E-state index contributed by atoms with van der Waals surface area (Å²) in [7, 11) is 0. The van der Waals surface area contributed by atoms with Crippen LogP contribution in [-0.2, 0) is 4.74 Å². The lowest BCUT2D eigenvalue weighted by Gasteiger charge is -2.10. The zero-order chi connectivity index (χ0) is 14.0. The Morgan fingerprint density at radius 1 is 1.42 bits per heavy atom. The van der Waals surface area contributed by atoms with Crippen LogP contribution in [-0.4, -0.2) is 22.1 Å². The second kappa shape index (κ2) is 5.14. The van der Waals surface area contributed by atoms with Crippen molar-refractivity contribution in [2.75, 3.05) is 12.3 Å². The number of rotatable bonds is 3. The Morgan fingerprint density at radius 3 is 2.84 bits per heavy atom. The van der Waals surface area contributed by atoms with E-state index >= 15 is 0 Å². The van der Waals surface area contributed by atoms with Gasteiger partial charge in [0.2, 0.25) is 0 Å².